The number of hydrogen-bond acceptors (Lipinski definition) is 4. The maximum atomic E-state index is 12.5. The quantitative estimate of drug-likeness (QED) is 0.736. The Hall–Kier alpha value is -2.50. The van der Waals surface area contributed by atoms with Gasteiger partial charge in [-0.25, -0.2) is 4.79 Å². The molecule has 0 unspecified atom stereocenters. The fourth-order valence-corrected chi connectivity index (χ4v) is 4.31. The van der Waals surface area contributed by atoms with Gasteiger partial charge in [0.1, 0.15) is 5.76 Å². The van der Waals surface area contributed by atoms with E-state index in [1.165, 1.54) is 29.9 Å². The lowest BCUT2D eigenvalue weighted by atomic mass is 9.78. The molecule has 0 radical (unpaired) electrons. The molecule has 0 spiro atoms. The average Bonchev–Trinajstić information content (AvgIpc) is 3.12. The number of benzene rings is 1. The van der Waals surface area contributed by atoms with Crippen molar-refractivity contribution in [1.82, 2.24) is 10.1 Å². The minimum Gasteiger partial charge on any atom is -0.453 e. The molecular weight excluding hydrogens is 392 g/mol. The van der Waals surface area contributed by atoms with Gasteiger partial charge in [0.25, 0.3) is 5.56 Å². The Kier molecular flexibility index (Phi) is 6.40. The largest absolute Gasteiger partial charge is 0.453 e. The molecule has 1 fully saturated rings. The van der Waals surface area contributed by atoms with Gasteiger partial charge < -0.3 is 14.2 Å². The maximum absolute atomic E-state index is 12.5. The van der Waals surface area contributed by atoms with E-state index in [-0.39, 0.29) is 34.4 Å². The van der Waals surface area contributed by atoms with Crippen LogP contribution < -0.4 is 5.56 Å². The van der Waals surface area contributed by atoms with Crippen molar-refractivity contribution in [2.24, 2.45) is 0 Å². The van der Waals surface area contributed by atoms with Crippen molar-refractivity contribution in [3.63, 3.8) is 0 Å². The molecule has 0 saturated carbocycles. The van der Waals surface area contributed by atoms with Crippen molar-refractivity contribution in [2.75, 3.05) is 13.7 Å². The first-order chi connectivity index (χ1) is 14.4. The number of carbonyl (C=O) groups excluding carboxylic acids is 1. The first-order valence-electron chi connectivity index (χ1n) is 11.1. The van der Waals surface area contributed by atoms with Crippen LogP contribution >= 0.6 is 0 Å². The maximum Gasteiger partial charge on any atom is 0.409 e. The summed E-state index contributed by atoms with van der Waals surface area (Å²) >= 11 is 0. The zero-order valence-corrected chi connectivity index (χ0v) is 19.9. The van der Waals surface area contributed by atoms with Crippen LogP contribution in [0, 0.1) is 0 Å². The van der Waals surface area contributed by atoms with Crippen molar-refractivity contribution in [1.29, 1.82) is 0 Å². The highest BCUT2D eigenvalue weighted by molar-refractivity contribution is 5.68. The van der Waals surface area contributed by atoms with Gasteiger partial charge in [-0.2, -0.15) is 5.16 Å². The molecule has 2 heterocycles. The van der Waals surface area contributed by atoms with Crippen molar-refractivity contribution in [2.45, 2.75) is 83.6 Å². The van der Waals surface area contributed by atoms with E-state index in [9.17, 15) is 9.59 Å². The minimum atomic E-state index is -0.304. The predicted molar refractivity (Wildman–Crippen MR) is 122 cm³/mol. The number of aromatic amines is 1. The molecule has 1 aliphatic heterocycles. The zero-order chi connectivity index (χ0) is 23.0. The summed E-state index contributed by atoms with van der Waals surface area (Å²) in [6.45, 7) is 13.9. The normalized spacial score (nSPS) is 20.0. The van der Waals surface area contributed by atoms with Crippen LogP contribution in [-0.4, -0.2) is 35.8 Å². The van der Waals surface area contributed by atoms with E-state index in [4.69, 9.17) is 9.26 Å². The van der Waals surface area contributed by atoms with Crippen LogP contribution in [0.25, 0.3) is 0 Å². The smallest absolute Gasteiger partial charge is 0.409 e. The molecule has 170 valence electrons. The van der Waals surface area contributed by atoms with Crippen molar-refractivity contribution < 1.29 is 14.1 Å². The number of H-pyrrole nitrogens is 1. The summed E-state index contributed by atoms with van der Waals surface area (Å²) in [5.74, 6) is 0.760. The standard InChI is InChI=1S/C25H36N2O4/c1-24(2,3)18-10-16(11-19(14-18)25(4,5)6)12-20-13-17(21-15-22(28)26-31-21)8-9-27(20)23(29)30-7/h10-11,14-15,17,20H,8-9,12-13H2,1-7H3,(H,26,28)/t17-,20+/m0/s1. The number of amides is 1. The Bertz CT molecular complexity index is 942. The summed E-state index contributed by atoms with van der Waals surface area (Å²) in [4.78, 5) is 25.9. The van der Waals surface area contributed by atoms with Crippen LogP contribution in [-0.2, 0) is 22.0 Å². The van der Waals surface area contributed by atoms with Crippen LogP contribution in [0.1, 0.15) is 82.8 Å². The second-order valence-corrected chi connectivity index (χ2v) is 10.8. The SMILES string of the molecule is COC(=O)N1CC[C@H](c2cc(=O)[nH]o2)C[C@H]1Cc1cc(C(C)(C)C)cc(C(C)(C)C)c1. The predicted octanol–water partition coefficient (Wildman–Crippen LogP) is 5.12. The van der Waals surface area contributed by atoms with Crippen LogP contribution in [0.3, 0.4) is 0 Å². The molecule has 0 aliphatic carbocycles. The third-order valence-electron chi connectivity index (χ3n) is 6.27. The molecule has 1 amide bonds. The summed E-state index contributed by atoms with van der Waals surface area (Å²) in [5, 5.41) is 2.39. The van der Waals surface area contributed by atoms with E-state index in [1.54, 1.807) is 0 Å². The molecule has 6 nitrogen and oxygen atoms in total. The molecule has 1 aromatic carbocycles. The molecule has 0 bridgehead atoms. The lowest BCUT2D eigenvalue weighted by molar-refractivity contribution is 0.0816. The Labute approximate surface area is 184 Å². The number of methoxy groups -OCH3 is 1. The van der Waals surface area contributed by atoms with Crippen LogP contribution in [0.4, 0.5) is 4.79 Å². The number of piperidine rings is 1. The summed E-state index contributed by atoms with van der Waals surface area (Å²) in [6.07, 6.45) is 1.89. The van der Waals surface area contributed by atoms with E-state index >= 15 is 0 Å². The second-order valence-electron chi connectivity index (χ2n) is 10.8. The Morgan fingerprint density at radius 1 is 1.10 bits per heavy atom. The minimum absolute atomic E-state index is 0.0294. The van der Waals surface area contributed by atoms with Gasteiger partial charge in [0.15, 0.2) is 0 Å². The number of likely N-dealkylation sites (tertiary alicyclic amines) is 1. The fourth-order valence-electron chi connectivity index (χ4n) is 4.31. The molecule has 1 aliphatic rings. The second kappa shape index (κ2) is 8.56. The average molecular weight is 429 g/mol. The molecule has 1 N–H and O–H groups in total. The number of carbonyl (C=O) groups is 1. The van der Waals surface area contributed by atoms with Crippen molar-refractivity contribution >= 4 is 6.09 Å². The fraction of sp³-hybridized carbons (Fsp3) is 0.600. The zero-order valence-electron chi connectivity index (χ0n) is 19.9. The van der Waals surface area contributed by atoms with Crippen molar-refractivity contribution in [3.05, 3.63) is 57.1 Å². The summed E-state index contributed by atoms with van der Waals surface area (Å²) < 4.78 is 10.4. The molecule has 2 aromatic rings. The lowest BCUT2D eigenvalue weighted by Crippen LogP contribution is -2.46. The highest BCUT2D eigenvalue weighted by Gasteiger charge is 2.35. The number of ether oxygens (including phenoxy) is 1. The third-order valence-corrected chi connectivity index (χ3v) is 6.27. The van der Waals surface area contributed by atoms with E-state index in [2.05, 4.69) is 64.9 Å². The van der Waals surface area contributed by atoms with E-state index in [0.29, 0.717) is 12.3 Å². The summed E-state index contributed by atoms with van der Waals surface area (Å²) in [7, 11) is 1.43. The summed E-state index contributed by atoms with van der Waals surface area (Å²) in [6, 6.07) is 8.33. The van der Waals surface area contributed by atoms with Crippen LogP contribution in [0.5, 0.6) is 0 Å². The molecule has 31 heavy (non-hydrogen) atoms. The van der Waals surface area contributed by atoms with E-state index in [1.807, 2.05) is 4.90 Å². The first kappa shape index (κ1) is 23.2. The first-order valence-corrected chi connectivity index (χ1v) is 11.1. The molecule has 1 aromatic heterocycles. The van der Waals surface area contributed by atoms with Gasteiger partial charge in [0.2, 0.25) is 0 Å². The number of nitrogens with one attached hydrogen (secondary N) is 1. The van der Waals surface area contributed by atoms with Gasteiger partial charge in [-0.15, -0.1) is 0 Å². The monoisotopic (exact) mass is 428 g/mol. The van der Waals surface area contributed by atoms with Gasteiger partial charge in [-0.1, -0.05) is 59.7 Å². The summed E-state index contributed by atoms with van der Waals surface area (Å²) in [5.41, 5.74) is 3.64. The van der Waals surface area contributed by atoms with Gasteiger partial charge in [0.05, 0.1) is 7.11 Å². The van der Waals surface area contributed by atoms with Gasteiger partial charge >= 0.3 is 6.09 Å². The molecule has 3 rings (SSSR count). The molecule has 1 saturated heterocycles. The van der Waals surface area contributed by atoms with Gasteiger partial charge in [0, 0.05) is 24.6 Å². The van der Waals surface area contributed by atoms with E-state index in [0.717, 1.165) is 19.3 Å². The Morgan fingerprint density at radius 3 is 2.19 bits per heavy atom. The Balaban J connectivity index is 1.95. The van der Waals surface area contributed by atoms with Gasteiger partial charge in [-0.05, 0) is 46.8 Å². The van der Waals surface area contributed by atoms with Crippen molar-refractivity contribution in [3.8, 4) is 0 Å². The lowest BCUT2D eigenvalue weighted by Gasteiger charge is -2.38. The number of aromatic nitrogens is 1. The molecule has 6 heteroatoms. The van der Waals surface area contributed by atoms with Crippen LogP contribution in [0.15, 0.2) is 33.6 Å². The number of rotatable bonds is 3. The van der Waals surface area contributed by atoms with Crippen LogP contribution in [0.2, 0.25) is 0 Å². The highest BCUT2D eigenvalue weighted by Crippen LogP contribution is 2.35. The number of hydrogen-bond donors (Lipinski definition) is 1. The topological polar surface area (TPSA) is 75.5 Å². The molecule has 2 atom stereocenters. The van der Waals surface area contributed by atoms with Gasteiger partial charge in [-0.3, -0.25) is 4.79 Å². The van der Waals surface area contributed by atoms with E-state index < -0.39 is 0 Å². The molecular formula is C25H36N2O4. The Morgan fingerprint density at radius 2 is 1.71 bits per heavy atom. The third kappa shape index (κ3) is 5.41. The number of nitrogens with zero attached hydrogens (tertiary/aromatic N) is 1. The highest BCUT2D eigenvalue weighted by atomic mass is 16.5.